The highest BCUT2D eigenvalue weighted by Crippen LogP contribution is 2.41. The predicted molar refractivity (Wildman–Crippen MR) is 101 cm³/mol. The summed E-state index contributed by atoms with van der Waals surface area (Å²) in [6.07, 6.45) is 3.26. The standard InChI is InChI=1S/C20H19N5O2/c1-2-27-17-6-3-11(7-12(17)10-26)18-13-4-5-16-15(9-23-25-16)19(13)24-20(22)14(18)8-21/h3,6-7,9,26H,2,4-5,10H2,1H3,(H2,22,24)(H,23,25). The number of hydrogen-bond acceptors (Lipinski definition) is 6. The number of aliphatic hydroxyl groups excluding tert-OH is 1. The minimum Gasteiger partial charge on any atom is -0.494 e. The van der Waals surface area contributed by atoms with Gasteiger partial charge in [-0.3, -0.25) is 5.10 Å². The van der Waals surface area contributed by atoms with Crippen molar-refractivity contribution in [3.05, 3.63) is 46.8 Å². The molecule has 0 aliphatic heterocycles. The van der Waals surface area contributed by atoms with Crippen molar-refractivity contribution in [1.82, 2.24) is 15.2 Å². The third-order valence-corrected chi connectivity index (χ3v) is 4.86. The van der Waals surface area contributed by atoms with Crippen molar-refractivity contribution in [1.29, 1.82) is 5.26 Å². The van der Waals surface area contributed by atoms with Crippen LogP contribution >= 0.6 is 0 Å². The summed E-state index contributed by atoms with van der Waals surface area (Å²) in [5.41, 5.74) is 12.4. The molecule has 2 heterocycles. The molecule has 0 fully saturated rings. The van der Waals surface area contributed by atoms with Gasteiger partial charge >= 0.3 is 0 Å². The molecule has 1 aliphatic carbocycles. The molecule has 0 bridgehead atoms. The number of nitrogens with zero attached hydrogens (tertiary/aromatic N) is 3. The van der Waals surface area contributed by atoms with Gasteiger partial charge in [0.15, 0.2) is 0 Å². The van der Waals surface area contributed by atoms with Crippen LogP contribution in [0.5, 0.6) is 5.75 Å². The van der Waals surface area contributed by atoms with E-state index in [0.29, 0.717) is 23.5 Å². The first-order valence-electron chi connectivity index (χ1n) is 8.79. The average molecular weight is 361 g/mol. The van der Waals surface area contributed by atoms with Crippen LogP contribution in [0.1, 0.15) is 29.3 Å². The molecule has 27 heavy (non-hydrogen) atoms. The average Bonchev–Trinajstić information content (AvgIpc) is 3.17. The van der Waals surface area contributed by atoms with Gasteiger partial charge in [-0.2, -0.15) is 10.4 Å². The van der Waals surface area contributed by atoms with Crippen LogP contribution in [0.3, 0.4) is 0 Å². The van der Waals surface area contributed by atoms with Gasteiger partial charge in [-0.05, 0) is 43.0 Å². The van der Waals surface area contributed by atoms with E-state index in [9.17, 15) is 10.4 Å². The Hall–Kier alpha value is -3.37. The highest BCUT2D eigenvalue weighted by Gasteiger charge is 2.26. The second-order valence-corrected chi connectivity index (χ2v) is 6.36. The minimum atomic E-state index is -0.153. The van der Waals surface area contributed by atoms with E-state index in [4.69, 9.17) is 10.5 Å². The SMILES string of the molecule is CCOc1ccc(-c2c(C#N)c(N)nc3c2CCc2[nH]ncc2-3)cc1CO. The Bertz CT molecular complexity index is 1060. The molecule has 2 aromatic heterocycles. The van der Waals surface area contributed by atoms with Crippen molar-refractivity contribution < 1.29 is 9.84 Å². The number of hydrogen-bond donors (Lipinski definition) is 3. The molecule has 3 aromatic rings. The highest BCUT2D eigenvalue weighted by molar-refractivity contribution is 5.86. The summed E-state index contributed by atoms with van der Waals surface area (Å²) < 4.78 is 5.57. The van der Waals surface area contributed by atoms with E-state index in [2.05, 4.69) is 21.3 Å². The Kier molecular flexibility index (Phi) is 4.26. The summed E-state index contributed by atoms with van der Waals surface area (Å²) in [6, 6.07) is 7.77. The molecule has 0 amide bonds. The molecular weight excluding hydrogens is 342 g/mol. The summed E-state index contributed by atoms with van der Waals surface area (Å²) in [5, 5.41) is 26.6. The fourth-order valence-corrected chi connectivity index (χ4v) is 3.65. The number of benzene rings is 1. The van der Waals surface area contributed by atoms with Crippen LogP contribution in [-0.4, -0.2) is 26.9 Å². The number of aromatic nitrogens is 3. The van der Waals surface area contributed by atoms with Crippen molar-refractivity contribution in [2.75, 3.05) is 12.3 Å². The molecular formula is C20H19N5O2. The zero-order valence-electron chi connectivity index (χ0n) is 14.9. The zero-order chi connectivity index (χ0) is 19.0. The van der Waals surface area contributed by atoms with Crippen molar-refractivity contribution in [3.63, 3.8) is 0 Å². The molecule has 0 unspecified atom stereocenters. The van der Waals surface area contributed by atoms with E-state index >= 15 is 0 Å². The smallest absolute Gasteiger partial charge is 0.142 e. The molecule has 0 atom stereocenters. The van der Waals surface area contributed by atoms with Gasteiger partial charge in [0.1, 0.15) is 23.2 Å². The van der Waals surface area contributed by atoms with E-state index in [1.54, 1.807) is 6.20 Å². The van der Waals surface area contributed by atoms with Gasteiger partial charge in [0.25, 0.3) is 0 Å². The topological polar surface area (TPSA) is 121 Å². The Morgan fingerprint density at radius 2 is 2.22 bits per heavy atom. The molecule has 0 spiro atoms. The third kappa shape index (κ3) is 2.71. The third-order valence-electron chi connectivity index (χ3n) is 4.86. The molecule has 7 heteroatoms. The molecule has 1 aliphatic rings. The lowest BCUT2D eigenvalue weighted by molar-refractivity contribution is 0.267. The maximum Gasteiger partial charge on any atom is 0.142 e. The van der Waals surface area contributed by atoms with E-state index in [1.807, 2.05) is 25.1 Å². The van der Waals surface area contributed by atoms with Gasteiger partial charge in [0.05, 0.1) is 25.1 Å². The van der Waals surface area contributed by atoms with Gasteiger partial charge in [-0.15, -0.1) is 0 Å². The summed E-state index contributed by atoms with van der Waals surface area (Å²) in [7, 11) is 0. The van der Waals surface area contributed by atoms with E-state index in [-0.39, 0.29) is 12.4 Å². The van der Waals surface area contributed by atoms with Gasteiger partial charge in [0, 0.05) is 22.4 Å². The fraction of sp³-hybridized carbons (Fsp3) is 0.250. The maximum absolute atomic E-state index is 9.74. The fourth-order valence-electron chi connectivity index (χ4n) is 3.65. The molecule has 7 nitrogen and oxygen atoms in total. The molecule has 4 N–H and O–H groups in total. The second-order valence-electron chi connectivity index (χ2n) is 6.36. The van der Waals surface area contributed by atoms with E-state index < -0.39 is 0 Å². The van der Waals surface area contributed by atoms with Crippen LogP contribution in [0.15, 0.2) is 24.4 Å². The minimum absolute atomic E-state index is 0.153. The highest BCUT2D eigenvalue weighted by atomic mass is 16.5. The predicted octanol–water partition coefficient (Wildman–Crippen LogP) is 2.58. The number of nitrogen functional groups attached to an aromatic ring is 1. The van der Waals surface area contributed by atoms with Crippen molar-refractivity contribution >= 4 is 5.82 Å². The lowest BCUT2D eigenvalue weighted by Gasteiger charge is -2.21. The Balaban J connectivity index is 1.98. The number of ether oxygens (including phenoxy) is 1. The number of aliphatic hydroxyl groups is 1. The number of aromatic amines is 1. The summed E-state index contributed by atoms with van der Waals surface area (Å²) in [4.78, 5) is 4.50. The first kappa shape index (κ1) is 17.1. The molecule has 4 rings (SSSR count). The van der Waals surface area contributed by atoms with Crippen molar-refractivity contribution in [2.45, 2.75) is 26.4 Å². The molecule has 1 aromatic carbocycles. The quantitative estimate of drug-likeness (QED) is 0.657. The monoisotopic (exact) mass is 361 g/mol. The number of H-pyrrole nitrogens is 1. The van der Waals surface area contributed by atoms with E-state index in [1.165, 1.54) is 0 Å². The van der Waals surface area contributed by atoms with Gasteiger partial charge in [0.2, 0.25) is 0 Å². The number of nitrogens with one attached hydrogen (secondary N) is 1. The number of anilines is 1. The first-order valence-corrected chi connectivity index (χ1v) is 8.79. The Morgan fingerprint density at radius 3 is 2.96 bits per heavy atom. The van der Waals surface area contributed by atoms with Crippen LogP contribution in [0, 0.1) is 11.3 Å². The molecule has 0 saturated heterocycles. The van der Waals surface area contributed by atoms with Crippen molar-refractivity contribution in [2.24, 2.45) is 0 Å². The van der Waals surface area contributed by atoms with Crippen LogP contribution in [0.4, 0.5) is 5.82 Å². The zero-order valence-corrected chi connectivity index (χ0v) is 14.9. The van der Waals surface area contributed by atoms with Crippen LogP contribution in [0.25, 0.3) is 22.4 Å². The lowest BCUT2D eigenvalue weighted by Crippen LogP contribution is -2.11. The Morgan fingerprint density at radius 1 is 1.37 bits per heavy atom. The largest absolute Gasteiger partial charge is 0.494 e. The Labute approximate surface area is 156 Å². The second kappa shape index (κ2) is 6.74. The summed E-state index contributed by atoms with van der Waals surface area (Å²) >= 11 is 0. The maximum atomic E-state index is 9.74. The summed E-state index contributed by atoms with van der Waals surface area (Å²) in [6.45, 7) is 2.25. The summed E-state index contributed by atoms with van der Waals surface area (Å²) in [5.74, 6) is 0.829. The van der Waals surface area contributed by atoms with Crippen LogP contribution in [-0.2, 0) is 19.4 Å². The number of aryl methyl sites for hydroxylation is 1. The molecule has 0 saturated carbocycles. The van der Waals surface area contributed by atoms with Crippen LogP contribution in [0.2, 0.25) is 0 Å². The molecule has 136 valence electrons. The van der Waals surface area contributed by atoms with Crippen molar-refractivity contribution in [3.8, 4) is 34.2 Å². The normalized spacial score (nSPS) is 12.2. The number of nitrogens with two attached hydrogens (primary N) is 1. The van der Waals surface area contributed by atoms with Crippen LogP contribution < -0.4 is 10.5 Å². The number of fused-ring (bicyclic) bond motifs is 3. The van der Waals surface area contributed by atoms with Gasteiger partial charge in [-0.1, -0.05) is 6.07 Å². The number of pyridine rings is 1. The molecule has 0 radical (unpaired) electrons. The van der Waals surface area contributed by atoms with E-state index in [0.717, 1.165) is 46.5 Å². The number of nitriles is 1. The van der Waals surface area contributed by atoms with Gasteiger partial charge in [-0.25, -0.2) is 4.98 Å². The first-order chi connectivity index (χ1) is 13.2. The van der Waals surface area contributed by atoms with Gasteiger partial charge < -0.3 is 15.6 Å². The number of rotatable bonds is 4. The lowest BCUT2D eigenvalue weighted by atomic mass is 9.85.